The number of hydrogen-bond donors (Lipinski definition) is 1. The topological polar surface area (TPSA) is 108 Å². The largest absolute Gasteiger partial charge is 0.472 e. The van der Waals surface area contributed by atoms with E-state index in [-0.39, 0.29) is 26.1 Å². The molecule has 0 fully saturated rings. The lowest BCUT2D eigenvalue weighted by Gasteiger charge is -2.24. The summed E-state index contributed by atoms with van der Waals surface area (Å²) in [5, 5.41) is 0. The van der Waals surface area contributed by atoms with Crippen LogP contribution in [0.3, 0.4) is 0 Å². The van der Waals surface area contributed by atoms with E-state index in [9.17, 15) is 19.0 Å². The molecule has 0 amide bonds. The predicted molar refractivity (Wildman–Crippen MR) is 343 cm³/mol. The summed E-state index contributed by atoms with van der Waals surface area (Å²) < 4.78 is 34.5. The molecule has 0 radical (unpaired) electrons. The smallest absolute Gasteiger partial charge is 0.462 e. The predicted octanol–water partition coefficient (Wildman–Crippen LogP) is 19.4. The Labute approximate surface area is 488 Å². The summed E-state index contributed by atoms with van der Waals surface area (Å²) in [5.74, 6) is -0.895. The van der Waals surface area contributed by atoms with Gasteiger partial charge in [-0.25, -0.2) is 4.57 Å². The third-order valence-corrected chi connectivity index (χ3v) is 12.6. The van der Waals surface area contributed by atoms with Gasteiger partial charge < -0.3 is 18.9 Å². The second kappa shape index (κ2) is 58.5. The maximum atomic E-state index is 12.8. The number of phosphoric ester groups is 1. The molecular formula is C70H109NO8P+. The number of carbonyl (C=O) groups excluding carboxylic acids is 2. The number of rotatable bonds is 52. The average Bonchev–Trinajstić information content (AvgIpc) is 3.42. The summed E-state index contributed by atoms with van der Waals surface area (Å²) in [6.45, 7) is 4.08. The van der Waals surface area contributed by atoms with Crippen molar-refractivity contribution < 1.29 is 42.1 Å². The van der Waals surface area contributed by atoms with Crippen LogP contribution in [-0.4, -0.2) is 74.9 Å². The van der Waals surface area contributed by atoms with E-state index in [1.54, 1.807) is 0 Å². The Balaban J connectivity index is 4.37. The Morgan fingerprint density at radius 1 is 0.388 bits per heavy atom. The molecule has 0 saturated carbocycles. The van der Waals surface area contributed by atoms with Crippen molar-refractivity contribution in [2.24, 2.45) is 0 Å². The molecule has 0 saturated heterocycles. The molecule has 1 N–H and O–H groups in total. The molecule has 0 aliphatic rings. The molecule has 2 atom stereocenters. The molecule has 0 spiro atoms. The van der Waals surface area contributed by atoms with Crippen LogP contribution in [0.25, 0.3) is 0 Å². The van der Waals surface area contributed by atoms with Gasteiger partial charge in [0.15, 0.2) is 6.10 Å². The monoisotopic (exact) mass is 1120 g/mol. The molecule has 0 aliphatic carbocycles. The third kappa shape index (κ3) is 62.1. The summed E-state index contributed by atoms with van der Waals surface area (Å²) in [6.07, 6.45) is 92.2. The minimum Gasteiger partial charge on any atom is -0.462 e. The zero-order valence-electron chi connectivity index (χ0n) is 50.5. The van der Waals surface area contributed by atoms with Crippen LogP contribution >= 0.6 is 7.82 Å². The fourth-order valence-corrected chi connectivity index (χ4v) is 7.79. The van der Waals surface area contributed by atoms with Gasteiger partial charge in [0.05, 0.1) is 27.7 Å². The van der Waals surface area contributed by atoms with Crippen molar-refractivity contribution >= 4 is 19.8 Å². The van der Waals surface area contributed by atoms with Gasteiger partial charge in [-0.05, 0) is 141 Å². The molecule has 0 heterocycles. The van der Waals surface area contributed by atoms with Gasteiger partial charge in [-0.3, -0.25) is 18.6 Å². The molecular weight excluding hydrogens is 1010 g/mol. The lowest BCUT2D eigenvalue weighted by atomic mass is 10.1. The van der Waals surface area contributed by atoms with E-state index < -0.39 is 32.5 Å². The van der Waals surface area contributed by atoms with Gasteiger partial charge in [-0.1, -0.05) is 221 Å². The molecule has 0 aromatic heterocycles. The number of esters is 2. The molecule has 446 valence electrons. The Morgan fingerprint density at radius 3 is 0.975 bits per heavy atom. The van der Waals surface area contributed by atoms with E-state index in [4.69, 9.17) is 18.5 Å². The second-order valence-corrected chi connectivity index (χ2v) is 21.7. The van der Waals surface area contributed by atoms with Crippen molar-refractivity contribution in [2.75, 3.05) is 47.5 Å². The van der Waals surface area contributed by atoms with Crippen LogP contribution < -0.4 is 0 Å². The van der Waals surface area contributed by atoms with Crippen molar-refractivity contribution in [3.8, 4) is 0 Å². The zero-order valence-corrected chi connectivity index (χ0v) is 51.4. The van der Waals surface area contributed by atoms with E-state index in [0.29, 0.717) is 23.9 Å². The Morgan fingerprint density at radius 2 is 0.675 bits per heavy atom. The molecule has 0 aromatic rings. The van der Waals surface area contributed by atoms with Crippen LogP contribution in [0.5, 0.6) is 0 Å². The quantitative estimate of drug-likeness (QED) is 0.0211. The average molecular weight is 1120 g/mol. The molecule has 80 heavy (non-hydrogen) atoms. The first-order chi connectivity index (χ1) is 39.0. The van der Waals surface area contributed by atoms with Crippen LogP contribution in [0.2, 0.25) is 0 Å². The highest BCUT2D eigenvalue weighted by Gasteiger charge is 2.27. The second-order valence-electron chi connectivity index (χ2n) is 20.3. The normalized spacial score (nSPS) is 14.6. The number of quaternary nitrogens is 1. The molecule has 0 rings (SSSR count). The first-order valence-corrected chi connectivity index (χ1v) is 31.7. The van der Waals surface area contributed by atoms with Crippen LogP contribution in [0.1, 0.15) is 181 Å². The van der Waals surface area contributed by atoms with Crippen molar-refractivity contribution in [2.45, 2.75) is 187 Å². The summed E-state index contributed by atoms with van der Waals surface area (Å²) in [7, 11) is 1.40. The van der Waals surface area contributed by atoms with Crippen LogP contribution in [-0.2, 0) is 32.7 Å². The third-order valence-electron chi connectivity index (χ3n) is 11.6. The Hall–Kier alpha value is -5.15. The van der Waals surface area contributed by atoms with E-state index in [2.05, 4.69) is 208 Å². The number of ether oxygens (including phenoxy) is 2. The van der Waals surface area contributed by atoms with Gasteiger partial charge in [-0.2, -0.15) is 0 Å². The number of allylic oxidation sites excluding steroid dienone is 32. The highest BCUT2D eigenvalue weighted by atomic mass is 31.2. The zero-order chi connectivity index (χ0) is 58.4. The number of carbonyl (C=O) groups is 2. The fourth-order valence-electron chi connectivity index (χ4n) is 7.04. The van der Waals surface area contributed by atoms with Crippen molar-refractivity contribution in [1.82, 2.24) is 0 Å². The first kappa shape index (κ1) is 74.8. The maximum absolute atomic E-state index is 12.8. The van der Waals surface area contributed by atoms with Gasteiger partial charge in [0.2, 0.25) is 0 Å². The molecule has 0 aliphatic heterocycles. The number of nitrogens with zero attached hydrogens (tertiary/aromatic N) is 1. The van der Waals surface area contributed by atoms with E-state index in [1.807, 2.05) is 21.1 Å². The summed E-state index contributed by atoms with van der Waals surface area (Å²) in [6, 6.07) is 0. The lowest BCUT2D eigenvalue weighted by molar-refractivity contribution is -0.870. The molecule has 0 bridgehead atoms. The minimum absolute atomic E-state index is 0.00626. The Bertz CT molecular complexity index is 2050. The van der Waals surface area contributed by atoms with Gasteiger partial charge in [0.25, 0.3) is 0 Å². The molecule has 10 heteroatoms. The summed E-state index contributed by atoms with van der Waals surface area (Å²) in [4.78, 5) is 35.7. The van der Waals surface area contributed by atoms with Crippen molar-refractivity contribution in [3.63, 3.8) is 0 Å². The Kier molecular flexibility index (Phi) is 54.7. The highest BCUT2D eigenvalue weighted by Crippen LogP contribution is 2.43. The van der Waals surface area contributed by atoms with Gasteiger partial charge in [0.1, 0.15) is 19.8 Å². The summed E-state index contributed by atoms with van der Waals surface area (Å²) in [5.41, 5.74) is 0. The SMILES string of the molecule is CC/C=C\C/C=C\C/C=C\C/C=C\C/C=C\C/C=C\C/C=C\C/C=C\C/C=C\CCCCCC(=O)OC(COC(=O)CCCCC/C=C\C/C=C\C/C=C\C/C=C\C/C=C\C/C=C\C/C=C\CC)COP(=O)(O)OCC[N+](C)(C)C. The first-order valence-electron chi connectivity index (χ1n) is 30.2. The number of unbranched alkanes of at least 4 members (excludes halogenated alkanes) is 6. The maximum Gasteiger partial charge on any atom is 0.472 e. The van der Waals surface area contributed by atoms with Gasteiger partial charge in [0, 0.05) is 12.8 Å². The highest BCUT2D eigenvalue weighted by molar-refractivity contribution is 7.47. The van der Waals surface area contributed by atoms with Crippen molar-refractivity contribution in [1.29, 1.82) is 0 Å². The number of phosphoric acid groups is 1. The number of hydrogen-bond acceptors (Lipinski definition) is 7. The van der Waals surface area contributed by atoms with E-state index in [1.165, 1.54) is 0 Å². The fraction of sp³-hybridized carbons (Fsp3) is 0.514. The molecule has 2 unspecified atom stereocenters. The lowest BCUT2D eigenvalue weighted by Crippen LogP contribution is -2.37. The molecule has 0 aromatic carbocycles. The van der Waals surface area contributed by atoms with Gasteiger partial charge >= 0.3 is 19.8 Å². The van der Waals surface area contributed by atoms with E-state index >= 15 is 0 Å². The minimum atomic E-state index is -4.42. The number of likely N-dealkylation sites (N-methyl/N-ethyl adjacent to an activating group) is 1. The summed E-state index contributed by atoms with van der Waals surface area (Å²) >= 11 is 0. The van der Waals surface area contributed by atoms with Crippen LogP contribution in [0, 0.1) is 0 Å². The van der Waals surface area contributed by atoms with E-state index in [0.717, 1.165) is 141 Å². The van der Waals surface area contributed by atoms with Crippen LogP contribution in [0.15, 0.2) is 194 Å². The molecule has 9 nitrogen and oxygen atoms in total. The standard InChI is InChI=1S/C70H108NO8P/c1-6-8-10-12-14-16-18-20-22-24-26-28-30-32-33-34-35-36-37-39-41-43-45-47-49-51-53-55-57-59-61-63-70(73)79-68(67-78-80(74,75)77-65-64-71(3,4)5)66-76-69(72)62-60-58-56-54-52-50-48-46-44-42-40-38-31-29-27-25-23-21-19-17-15-13-11-9-7-2/h8-11,14-17,20-23,26-29,32-33,35-36,38-41,44-47,50-53,68H,6-7,12-13,18-19,24-25,30-31,34,37,42-43,48-49,54-67H2,1-5H3/p+1/b10-8-,11-9-,16-14-,17-15-,22-20-,23-21-,28-26-,29-27-,33-32-,36-35-,40-38-,41-39-,46-44-,47-45-,52-50-,53-51-. The van der Waals surface area contributed by atoms with Crippen LogP contribution in [0.4, 0.5) is 0 Å². The van der Waals surface area contributed by atoms with Crippen molar-refractivity contribution in [3.05, 3.63) is 194 Å². The van der Waals surface area contributed by atoms with Gasteiger partial charge in [-0.15, -0.1) is 0 Å².